The van der Waals surface area contributed by atoms with Crippen LogP contribution in [0.4, 0.5) is 5.69 Å². The zero-order valence-corrected chi connectivity index (χ0v) is 26.3. The smallest absolute Gasteiger partial charge is 0.264 e. The van der Waals surface area contributed by atoms with Crippen molar-refractivity contribution in [3.8, 4) is 5.75 Å². The van der Waals surface area contributed by atoms with E-state index in [0.29, 0.717) is 17.3 Å². The molecule has 4 rings (SSSR count). The fourth-order valence-electron chi connectivity index (χ4n) is 4.71. The zero-order chi connectivity index (χ0) is 31.5. The second kappa shape index (κ2) is 15.4. The first kappa shape index (κ1) is 32.6. The number of anilines is 1. The van der Waals surface area contributed by atoms with Gasteiger partial charge in [-0.1, -0.05) is 79.2 Å². The van der Waals surface area contributed by atoms with Gasteiger partial charge in [-0.25, -0.2) is 8.42 Å². The van der Waals surface area contributed by atoms with E-state index in [2.05, 4.69) is 5.32 Å². The quantitative estimate of drug-likeness (QED) is 0.192. The van der Waals surface area contributed by atoms with Crippen molar-refractivity contribution in [3.63, 3.8) is 0 Å². The average molecular weight is 634 g/mol. The van der Waals surface area contributed by atoms with Crippen molar-refractivity contribution in [1.29, 1.82) is 0 Å². The molecule has 1 N–H and O–H groups in total. The Morgan fingerprint density at radius 3 is 2.00 bits per heavy atom. The molecular formula is C34H36ClN3O5S. The Morgan fingerprint density at radius 1 is 0.841 bits per heavy atom. The highest BCUT2D eigenvalue weighted by atomic mass is 35.5. The van der Waals surface area contributed by atoms with Crippen LogP contribution >= 0.6 is 11.6 Å². The van der Waals surface area contributed by atoms with Crippen molar-refractivity contribution in [2.24, 2.45) is 0 Å². The van der Waals surface area contributed by atoms with Gasteiger partial charge in [-0.15, -0.1) is 0 Å². The first-order chi connectivity index (χ1) is 21.2. The Labute approximate surface area is 264 Å². The summed E-state index contributed by atoms with van der Waals surface area (Å²) in [5.41, 5.74) is 1.93. The molecule has 0 aliphatic rings. The minimum Gasteiger partial charge on any atom is -0.497 e. The predicted octanol–water partition coefficient (Wildman–Crippen LogP) is 5.71. The summed E-state index contributed by atoms with van der Waals surface area (Å²) >= 11 is 6.12. The summed E-state index contributed by atoms with van der Waals surface area (Å²) in [5, 5.41) is 3.36. The van der Waals surface area contributed by atoms with Crippen LogP contribution in [0.2, 0.25) is 5.02 Å². The Balaban J connectivity index is 1.77. The summed E-state index contributed by atoms with van der Waals surface area (Å²) in [7, 11) is -2.73. The number of hydrogen-bond acceptors (Lipinski definition) is 5. The highest BCUT2D eigenvalue weighted by Gasteiger charge is 2.34. The van der Waals surface area contributed by atoms with Gasteiger partial charge in [0.2, 0.25) is 11.8 Å². The molecule has 0 aromatic heterocycles. The number of hydrogen-bond donors (Lipinski definition) is 1. The van der Waals surface area contributed by atoms with Crippen molar-refractivity contribution in [2.45, 2.75) is 37.2 Å². The van der Waals surface area contributed by atoms with E-state index < -0.39 is 28.5 Å². The summed E-state index contributed by atoms with van der Waals surface area (Å²) in [4.78, 5) is 29.5. The van der Waals surface area contributed by atoms with Crippen LogP contribution in [0.3, 0.4) is 0 Å². The lowest BCUT2D eigenvalue weighted by Crippen LogP contribution is -2.53. The number of rotatable bonds is 14. The van der Waals surface area contributed by atoms with Crippen LogP contribution in [-0.4, -0.2) is 51.4 Å². The first-order valence-electron chi connectivity index (χ1n) is 14.3. The van der Waals surface area contributed by atoms with Gasteiger partial charge in [-0.3, -0.25) is 13.9 Å². The number of benzene rings is 4. The van der Waals surface area contributed by atoms with Crippen LogP contribution in [0.1, 0.15) is 24.5 Å². The second-order valence-electron chi connectivity index (χ2n) is 10.2. The van der Waals surface area contributed by atoms with Crippen molar-refractivity contribution < 1.29 is 22.7 Å². The minimum absolute atomic E-state index is 0.0165. The normalized spacial score (nSPS) is 11.8. The molecule has 0 radical (unpaired) electrons. The molecule has 0 aliphatic carbocycles. The molecule has 0 fully saturated rings. The Kier molecular flexibility index (Phi) is 11.4. The number of methoxy groups -OCH3 is 1. The Bertz CT molecular complexity index is 1620. The number of nitrogens with one attached hydrogen (secondary N) is 1. The predicted molar refractivity (Wildman–Crippen MR) is 173 cm³/mol. The number of carbonyl (C=O) groups is 2. The molecule has 0 saturated heterocycles. The molecule has 44 heavy (non-hydrogen) atoms. The lowest BCUT2D eigenvalue weighted by Gasteiger charge is -2.34. The molecule has 4 aromatic rings. The van der Waals surface area contributed by atoms with E-state index in [0.717, 1.165) is 21.9 Å². The van der Waals surface area contributed by atoms with Crippen LogP contribution < -0.4 is 14.4 Å². The van der Waals surface area contributed by atoms with Crippen molar-refractivity contribution in [1.82, 2.24) is 10.2 Å². The average Bonchev–Trinajstić information content (AvgIpc) is 3.05. The second-order valence-corrected chi connectivity index (χ2v) is 12.5. The summed E-state index contributed by atoms with van der Waals surface area (Å²) in [6, 6.07) is 30.1. The first-order valence-corrected chi connectivity index (χ1v) is 16.1. The largest absolute Gasteiger partial charge is 0.497 e. The minimum atomic E-state index is -4.23. The maximum Gasteiger partial charge on any atom is 0.264 e. The molecule has 8 nitrogen and oxygen atoms in total. The molecule has 1 atom stereocenters. The SMILES string of the molecule is CCCNC(=O)C(Cc1ccccc1)N(Cc1ccccc1)C(=O)CN(c1ccc(Cl)cc1)S(=O)(=O)c1ccc(OC)cc1. The monoisotopic (exact) mass is 633 g/mol. The van der Waals surface area contributed by atoms with Crippen LogP contribution in [0.15, 0.2) is 114 Å². The van der Waals surface area contributed by atoms with Gasteiger partial charge in [0.1, 0.15) is 18.3 Å². The number of sulfonamides is 1. The highest BCUT2D eigenvalue weighted by molar-refractivity contribution is 7.92. The van der Waals surface area contributed by atoms with E-state index in [1.807, 2.05) is 67.6 Å². The van der Waals surface area contributed by atoms with E-state index in [-0.39, 0.29) is 29.5 Å². The molecule has 0 saturated carbocycles. The molecular weight excluding hydrogens is 598 g/mol. The van der Waals surface area contributed by atoms with Crippen LogP contribution in [0.25, 0.3) is 0 Å². The van der Waals surface area contributed by atoms with Gasteiger partial charge >= 0.3 is 0 Å². The third kappa shape index (κ3) is 8.39. The number of nitrogens with zero attached hydrogens (tertiary/aromatic N) is 2. The number of carbonyl (C=O) groups excluding carboxylic acids is 2. The third-order valence-electron chi connectivity index (χ3n) is 7.06. The summed E-state index contributed by atoms with van der Waals surface area (Å²) in [5.74, 6) is -0.349. The van der Waals surface area contributed by atoms with E-state index in [4.69, 9.17) is 16.3 Å². The standard InChI is InChI=1S/C34H36ClN3O5S/c1-3-22-36-34(40)32(23-26-10-6-4-7-11-26)37(24-27-12-8-5-9-13-27)33(39)25-38(29-16-14-28(35)15-17-29)44(41,42)31-20-18-30(43-2)19-21-31/h4-21,32H,3,22-25H2,1-2H3,(H,36,40). The molecule has 0 aliphatic heterocycles. The molecule has 230 valence electrons. The fourth-order valence-corrected chi connectivity index (χ4v) is 6.25. The van der Waals surface area contributed by atoms with Crippen molar-refractivity contribution in [2.75, 3.05) is 24.5 Å². The van der Waals surface area contributed by atoms with Gasteiger partial charge in [0.25, 0.3) is 10.0 Å². The molecule has 10 heteroatoms. The number of halogens is 1. The van der Waals surface area contributed by atoms with Crippen molar-refractivity contribution >= 4 is 39.1 Å². The van der Waals surface area contributed by atoms with Crippen LogP contribution in [0.5, 0.6) is 5.75 Å². The van der Waals surface area contributed by atoms with Gasteiger partial charge in [0, 0.05) is 24.5 Å². The lowest BCUT2D eigenvalue weighted by atomic mass is 10.0. The molecule has 0 spiro atoms. The van der Waals surface area contributed by atoms with Gasteiger partial charge in [0.05, 0.1) is 17.7 Å². The van der Waals surface area contributed by atoms with Gasteiger partial charge in [-0.2, -0.15) is 0 Å². The highest BCUT2D eigenvalue weighted by Crippen LogP contribution is 2.27. The maximum atomic E-state index is 14.4. The number of ether oxygens (including phenoxy) is 1. The molecule has 1 unspecified atom stereocenters. The summed E-state index contributed by atoms with van der Waals surface area (Å²) in [6.07, 6.45) is 0.974. The molecule has 4 aromatic carbocycles. The summed E-state index contributed by atoms with van der Waals surface area (Å²) in [6.45, 7) is 1.95. The number of amides is 2. The molecule has 2 amide bonds. The van der Waals surface area contributed by atoms with E-state index in [1.165, 1.54) is 24.1 Å². The zero-order valence-electron chi connectivity index (χ0n) is 24.7. The van der Waals surface area contributed by atoms with Crippen LogP contribution in [-0.2, 0) is 32.6 Å². The van der Waals surface area contributed by atoms with Gasteiger partial charge in [-0.05, 0) is 66.1 Å². The topological polar surface area (TPSA) is 96.0 Å². The lowest BCUT2D eigenvalue weighted by molar-refractivity contribution is -0.140. The summed E-state index contributed by atoms with van der Waals surface area (Å²) < 4.78 is 34.4. The van der Waals surface area contributed by atoms with Crippen LogP contribution in [0, 0.1) is 0 Å². The molecule has 0 heterocycles. The van der Waals surface area contributed by atoms with Gasteiger partial charge in [0.15, 0.2) is 0 Å². The van der Waals surface area contributed by atoms with E-state index in [9.17, 15) is 18.0 Å². The fraction of sp³-hybridized carbons (Fsp3) is 0.235. The third-order valence-corrected chi connectivity index (χ3v) is 9.10. The Hall–Kier alpha value is -4.34. The van der Waals surface area contributed by atoms with E-state index >= 15 is 0 Å². The Morgan fingerprint density at radius 2 is 1.43 bits per heavy atom. The van der Waals surface area contributed by atoms with Crippen molar-refractivity contribution in [3.05, 3.63) is 125 Å². The maximum absolute atomic E-state index is 14.4. The van der Waals surface area contributed by atoms with Gasteiger partial charge < -0.3 is 15.0 Å². The van der Waals surface area contributed by atoms with E-state index in [1.54, 1.807) is 36.4 Å². The molecule has 0 bridgehead atoms.